The third kappa shape index (κ3) is 5.54. The first-order valence-corrected chi connectivity index (χ1v) is 10.2. The minimum absolute atomic E-state index is 0.152. The molecule has 0 atom stereocenters. The van der Waals surface area contributed by atoms with E-state index in [2.05, 4.69) is 5.32 Å². The summed E-state index contributed by atoms with van der Waals surface area (Å²) in [5.74, 6) is -2.24. The van der Waals surface area contributed by atoms with Gasteiger partial charge >= 0.3 is 12.1 Å². The molecule has 0 amide bonds. The van der Waals surface area contributed by atoms with Gasteiger partial charge in [0.1, 0.15) is 0 Å². The molecule has 1 spiro atoms. The van der Waals surface area contributed by atoms with Crippen LogP contribution in [0.1, 0.15) is 44.9 Å². The molecule has 152 valence electrons. The Morgan fingerprint density at radius 3 is 2.04 bits per heavy atom. The number of rotatable bonds is 4. The van der Waals surface area contributed by atoms with E-state index in [-0.39, 0.29) is 6.04 Å². The van der Waals surface area contributed by atoms with Crippen LogP contribution in [0.5, 0.6) is 0 Å². The molecule has 0 unspecified atom stereocenters. The van der Waals surface area contributed by atoms with Crippen LogP contribution in [0.25, 0.3) is 0 Å². The molecule has 4 N–H and O–H groups in total. The van der Waals surface area contributed by atoms with E-state index in [0.29, 0.717) is 17.9 Å². The number of aliphatic carboxylic acids is 1. The molecule has 7 nitrogen and oxygen atoms in total. The van der Waals surface area contributed by atoms with Crippen molar-refractivity contribution in [3.8, 4) is 0 Å². The van der Waals surface area contributed by atoms with Gasteiger partial charge in [0.2, 0.25) is 0 Å². The van der Waals surface area contributed by atoms with Crippen LogP contribution in [-0.4, -0.2) is 55.7 Å². The zero-order valence-electron chi connectivity index (χ0n) is 14.5. The highest BCUT2D eigenvalue weighted by Crippen LogP contribution is 2.47. The summed E-state index contributed by atoms with van der Waals surface area (Å²) < 4.78 is 57.0. The maximum Gasteiger partial charge on any atom is 0.490 e. The van der Waals surface area contributed by atoms with Crippen LogP contribution >= 0.6 is 0 Å². The maximum atomic E-state index is 11.8. The van der Waals surface area contributed by atoms with Gasteiger partial charge < -0.3 is 10.4 Å². The lowest BCUT2D eigenvalue weighted by molar-refractivity contribution is -0.192. The Hall–Kier alpha value is -0.910. The monoisotopic (exact) mass is 401 g/mol. The lowest BCUT2D eigenvalue weighted by atomic mass is 9.61. The van der Waals surface area contributed by atoms with Gasteiger partial charge in [-0.2, -0.15) is 25.9 Å². The maximum absolute atomic E-state index is 11.8. The van der Waals surface area contributed by atoms with Crippen LogP contribution in [-0.2, 0) is 15.0 Å². The number of carboxylic acids is 1. The van der Waals surface area contributed by atoms with Gasteiger partial charge in [-0.3, -0.25) is 0 Å². The quantitative estimate of drug-likeness (QED) is 0.660. The van der Waals surface area contributed by atoms with E-state index < -0.39 is 22.4 Å². The zero-order chi connectivity index (χ0) is 19.6. The molecule has 26 heavy (non-hydrogen) atoms. The van der Waals surface area contributed by atoms with Gasteiger partial charge in [-0.15, -0.1) is 0 Å². The molecule has 3 aliphatic rings. The van der Waals surface area contributed by atoms with E-state index in [4.69, 9.17) is 15.0 Å². The Balaban J connectivity index is 0.000000298. The van der Waals surface area contributed by atoms with Gasteiger partial charge in [0.25, 0.3) is 10.2 Å². The third-order valence-electron chi connectivity index (χ3n) is 5.48. The van der Waals surface area contributed by atoms with Gasteiger partial charge in [0.15, 0.2) is 0 Å². The van der Waals surface area contributed by atoms with E-state index in [0.717, 1.165) is 38.8 Å². The Bertz CT molecular complexity index is 594. The molecule has 1 aliphatic heterocycles. The van der Waals surface area contributed by atoms with Gasteiger partial charge in [-0.25, -0.2) is 9.93 Å². The molecule has 3 fully saturated rings. The van der Waals surface area contributed by atoms with Crippen molar-refractivity contribution in [2.24, 2.45) is 16.5 Å². The molecular formula is C15H26F3N3O4S. The Labute approximate surface area is 151 Å². The van der Waals surface area contributed by atoms with Crippen molar-refractivity contribution in [3.05, 3.63) is 0 Å². The molecule has 0 aromatic heterocycles. The smallest absolute Gasteiger partial charge is 0.475 e. The first kappa shape index (κ1) is 21.4. The molecule has 0 aromatic rings. The standard InChI is InChI=1S/C13H25N3O2S.C2HF3O2/c14-19(17,18)16(8-11-4-2-1-3-5-11)12-6-13(7-12)9-15-10-13;3-2(4,5)1(6)7/h11-12,15H,1-10H2,(H2,14,17,18);(H,6,7). The van der Waals surface area contributed by atoms with E-state index in [1.807, 2.05) is 0 Å². The second-order valence-corrected chi connectivity index (χ2v) is 9.09. The minimum Gasteiger partial charge on any atom is -0.475 e. The summed E-state index contributed by atoms with van der Waals surface area (Å²) in [4.78, 5) is 8.90. The first-order chi connectivity index (χ1) is 11.9. The van der Waals surface area contributed by atoms with Gasteiger partial charge in [0, 0.05) is 25.7 Å². The third-order valence-corrected chi connectivity index (χ3v) is 6.58. The average Bonchev–Trinajstić information content (AvgIpc) is 2.43. The molecule has 0 radical (unpaired) electrons. The van der Waals surface area contributed by atoms with Crippen molar-refractivity contribution in [3.63, 3.8) is 0 Å². The molecular weight excluding hydrogens is 375 g/mol. The number of alkyl halides is 3. The molecule has 0 bridgehead atoms. The second-order valence-electron chi connectivity index (χ2n) is 7.59. The van der Waals surface area contributed by atoms with Crippen molar-refractivity contribution >= 4 is 16.2 Å². The molecule has 1 saturated heterocycles. The summed E-state index contributed by atoms with van der Waals surface area (Å²) in [6, 6.07) is 0.152. The highest BCUT2D eigenvalue weighted by Gasteiger charge is 2.52. The second kappa shape index (κ2) is 7.99. The summed E-state index contributed by atoms with van der Waals surface area (Å²) in [6.07, 6.45) is 2.98. The summed E-state index contributed by atoms with van der Waals surface area (Å²) in [5, 5.41) is 15.8. The van der Waals surface area contributed by atoms with Crippen molar-refractivity contribution in [1.29, 1.82) is 0 Å². The SMILES string of the molecule is NS(=O)(=O)N(CC1CCCCC1)C1CC2(CNC2)C1.O=C(O)C(F)(F)F. The van der Waals surface area contributed by atoms with Gasteiger partial charge in [-0.1, -0.05) is 19.3 Å². The lowest BCUT2D eigenvalue weighted by Crippen LogP contribution is -2.66. The summed E-state index contributed by atoms with van der Waals surface area (Å²) in [6.45, 7) is 2.74. The molecule has 2 saturated carbocycles. The van der Waals surface area contributed by atoms with E-state index in [1.54, 1.807) is 4.31 Å². The lowest BCUT2D eigenvalue weighted by Gasteiger charge is -2.56. The Morgan fingerprint density at radius 1 is 1.19 bits per heavy atom. The van der Waals surface area contributed by atoms with Crippen molar-refractivity contribution < 1.29 is 31.5 Å². The number of nitrogens with zero attached hydrogens (tertiary/aromatic N) is 1. The fourth-order valence-electron chi connectivity index (χ4n) is 4.00. The zero-order valence-corrected chi connectivity index (χ0v) is 15.3. The highest BCUT2D eigenvalue weighted by atomic mass is 32.2. The Morgan fingerprint density at radius 2 is 1.69 bits per heavy atom. The van der Waals surface area contributed by atoms with E-state index >= 15 is 0 Å². The normalized spacial score (nSPS) is 23.7. The number of hydrogen-bond donors (Lipinski definition) is 3. The average molecular weight is 401 g/mol. The topological polar surface area (TPSA) is 113 Å². The molecule has 1 heterocycles. The largest absolute Gasteiger partial charge is 0.490 e. The number of hydrogen-bond acceptors (Lipinski definition) is 4. The number of nitrogens with one attached hydrogen (secondary N) is 1. The summed E-state index contributed by atoms with van der Waals surface area (Å²) in [7, 11) is -3.55. The fourth-order valence-corrected chi connectivity index (χ4v) is 4.98. The van der Waals surface area contributed by atoms with Crippen LogP contribution in [0.3, 0.4) is 0 Å². The van der Waals surface area contributed by atoms with Crippen LogP contribution in [0.15, 0.2) is 0 Å². The number of carbonyl (C=O) groups is 1. The summed E-state index contributed by atoms with van der Waals surface area (Å²) >= 11 is 0. The van der Waals surface area contributed by atoms with Gasteiger partial charge in [-0.05, 0) is 37.0 Å². The van der Waals surface area contributed by atoms with Crippen LogP contribution < -0.4 is 10.5 Å². The van der Waals surface area contributed by atoms with E-state index in [9.17, 15) is 21.6 Å². The first-order valence-electron chi connectivity index (χ1n) is 8.73. The predicted octanol–water partition coefficient (Wildman–Crippen LogP) is 1.46. The van der Waals surface area contributed by atoms with E-state index in [1.165, 1.54) is 19.3 Å². The Kier molecular flexibility index (Phi) is 6.57. The number of halogens is 3. The molecule has 11 heteroatoms. The highest BCUT2D eigenvalue weighted by molar-refractivity contribution is 7.86. The van der Waals surface area contributed by atoms with Crippen LogP contribution in [0, 0.1) is 11.3 Å². The minimum atomic E-state index is -5.08. The van der Waals surface area contributed by atoms with Gasteiger partial charge in [0.05, 0.1) is 0 Å². The summed E-state index contributed by atoms with van der Waals surface area (Å²) in [5.41, 5.74) is 0.389. The molecule has 0 aromatic carbocycles. The van der Waals surface area contributed by atoms with Crippen molar-refractivity contribution in [2.45, 2.75) is 57.2 Å². The number of nitrogens with two attached hydrogens (primary N) is 1. The predicted molar refractivity (Wildman–Crippen MR) is 88.4 cm³/mol. The molecule has 3 rings (SSSR count). The van der Waals surface area contributed by atoms with Crippen molar-refractivity contribution in [2.75, 3.05) is 19.6 Å². The van der Waals surface area contributed by atoms with Crippen LogP contribution in [0.4, 0.5) is 13.2 Å². The number of carboxylic acid groups (broad SMARTS) is 1. The van der Waals surface area contributed by atoms with Crippen molar-refractivity contribution in [1.82, 2.24) is 9.62 Å². The molecule has 2 aliphatic carbocycles. The van der Waals surface area contributed by atoms with Crippen LogP contribution in [0.2, 0.25) is 0 Å². The fraction of sp³-hybridized carbons (Fsp3) is 0.933.